The topological polar surface area (TPSA) is 84.4 Å². The number of ether oxygens (including phenoxy) is 1. The summed E-state index contributed by atoms with van der Waals surface area (Å²) in [4.78, 5) is 28.0. The maximum Gasteiger partial charge on any atom is 0.299 e. The Balaban J connectivity index is 2.45. The van der Waals surface area contributed by atoms with Crippen LogP contribution in [0.2, 0.25) is 0 Å². The quantitative estimate of drug-likeness (QED) is 0.535. The molecule has 1 aliphatic carbocycles. The molecule has 1 heterocycles. The summed E-state index contributed by atoms with van der Waals surface area (Å²) in [6.07, 6.45) is 4.98. The highest BCUT2D eigenvalue weighted by Gasteiger charge is 2.37. The van der Waals surface area contributed by atoms with E-state index < -0.39 is 6.04 Å². The third-order valence-electron chi connectivity index (χ3n) is 5.15. The molecule has 7 heteroatoms. The predicted molar refractivity (Wildman–Crippen MR) is 111 cm³/mol. The molecule has 1 saturated carbocycles. The van der Waals surface area contributed by atoms with Crippen molar-refractivity contribution in [3.05, 3.63) is 23.0 Å². The first kappa shape index (κ1) is 22.8. The van der Waals surface area contributed by atoms with Gasteiger partial charge in [-0.2, -0.15) is 10.2 Å². The molecule has 1 aromatic rings. The summed E-state index contributed by atoms with van der Waals surface area (Å²) in [5.74, 6) is 4.79. The number of nitrogens with one attached hydrogen (secondary N) is 1. The second-order valence-corrected chi connectivity index (χ2v) is 7.30. The van der Waals surface area contributed by atoms with E-state index in [1.54, 1.807) is 11.8 Å². The van der Waals surface area contributed by atoms with Crippen LogP contribution in [0.1, 0.15) is 68.9 Å². The van der Waals surface area contributed by atoms with Gasteiger partial charge in [0.1, 0.15) is 6.04 Å². The van der Waals surface area contributed by atoms with Crippen LogP contribution in [-0.2, 0) is 14.3 Å². The lowest BCUT2D eigenvalue weighted by Gasteiger charge is -2.38. The number of carbonyl (C=O) groups excluding carboxylic acids is 2. The highest BCUT2D eigenvalue weighted by Crippen LogP contribution is 2.32. The number of hydrogen-bond donors (Lipinski definition) is 1. The zero-order valence-electron chi connectivity index (χ0n) is 18.0. The Hall–Kier alpha value is -2.46. The van der Waals surface area contributed by atoms with Crippen molar-refractivity contribution in [2.75, 3.05) is 19.8 Å². The summed E-state index contributed by atoms with van der Waals surface area (Å²) in [5.41, 5.74) is 2.04. The van der Waals surface area contributed by atoms with Crippen LogP contribution >= 0.6 is 0 Å². The molecular weight excluding hydrogens is 368 g/mol. The van der Waals surface area contributed by atoms with Gasteiger partial charge in [-0.3, -0.25) is 9.59 Å². The zero-order chi connectivity index (χ0) is 21.2. The Morgan fingerprint density at radius 1 is 1.28 bits per heavy atom. The average molecular weight is 401 g/mol. The summed E-state index contributed by atoms with van der Waals surface area (Å²) in [7, 11) is 0. The van der Waals surface area contributed by atoms with Crippen LogP contribution in [-0.4, -0.2) is 52.7 Å². The molecule has 0 bridgehead atoms. The smallest absolute Gasteiger partial charge is 0.299 e. The van der Waals surface area contributed by atoms with E-state index in [2.05, 4.69) is 27.4 Å². The van der Waals surface area contributed by atoms with Gasteiger partial charge in [0.15, 0.2) is 0 Å². The second-order valence-electron chi connectivity index (χ2n) is 7.30. The summed E-state index contributed by atoms with van der Waals surface area (Å²) in [6, 6.07) is 1.03. The molecule has 0 radical (unpaired) electrons. The SMILES string of the molecule is CC#CC(=O)N(C1CCCCC1)C(C(=O)NCCOCC)c1cc(C)nnc1C. The van der Waals surface area contributed by atoms with Crippen molar-refractivity contribution in [3.8, 4) is 11.8 Å². The highest BCUT2D eigenvalue weighted by atomic mass is 16.5. The van der Waals surface area contributed by atoms with Crippen LogP contribution in [0, 0.1) is 25.7 Å². The van der Waals surface area contributed by atoms with Crippen LogP contribution in [0.4, 0.5) is 0 Å². The maximum absolute atomic E-state index is 13.3. The molecule has 7 nitrogen and oxygen atoms in total. The molecule has 1 aliphatic rings. The van der Waals surface area contributed by atoms with E-state index in [4.69, 9.17) is 4.74 Å². The fraction of sp³-hybridized carbons (Fsp3) is 0.636. The van der Waals surface area contributed by atoms with Crippen molar-refractivity contribution < 1.29 is 14.3 Å². The Bertz CT molecular complexity index is 763. The second kappa shape index (κ2) is 11.5. The summed E-state index contributed by atoms with van der Waals surface area (Å²) in [6.45, 7) is 8.59. The Kier molecular flexibility index (Phi) is 9.07. The molecule has 0 saturated heterocycles. The highest BCUT2D eigenvalue weighted by molar-refractivity contribution is 5.97. The molecule has 0 aliphatic heterocycles. The number of nitrogens with zero attached hydrogens (tertiary/aromatic N) is 3. The largest absolute Gasteiger partial charge is 0.380 e. The van der Waals surface area contributed by atoms with Gasteiger partial charge in [-0.15, -0.1) is 0 Å². The van der Waals surface area contributed by atoms with E-state index in [1.165, 1.54) is 0 Å². The minimum absolute atomic E-state index is 0.0207. The monoisotopic (exact) mass is 400 g/mol. The Morgan fingerprint density at radius 2 is 2.00 bits per heavy atom. The van der Waals surface area contributed by atoms with Gasteiger partial charge in [0.2, 0.25) is 5.91 Å². The standard InChI is InChI=1S/C22H32N4O3/c1-5-10-20(27)26(18-11-8-7-9-12-18)21(22(28)23-13-14-29-6-2)19-15-16(3)24-25-17(19)4/h15,18,21H,6-9,11-14H2,1-4H3,(H,23,28). The van der Waals surface area contributed by atoms with E-state index in [0.29, 0.717) is 36.7 Å². The van der Waals surface area contributed by atoms with Crippen LogP contribution in [0.15, 0.2) is 6.07 Å². The fourth-order valence-electron chi connectivity index (χ4n) is 3.78. The molecule has 2 amide bonds. The van der Waals surface area contributed by atoms with Crippen LogP contribution in [0.25, 0.3) is 0 Å². The third-order valence-corrected chi connectivity index (χ3v) is 5.15. The predicted octanol–water partition coefficient (Wildman–Crippen LogP) is 2.47. The summed E-state index contributed by atoms with van der Waals surface area (Å²) < 4.78 is 5.34. The minimum atomic E-state index is -0.790. The molecule has 1 N–H and O–H groups in total. The Morgan fingerprint density at radius 3 is 2.66 bits per heavy atom. The molecular formula is C22H32N4O3. The van der Waals surface area contributed by atoms with E-state index in [-0.39, 0.29) is 17.9 Å². The third kappa shape index (κ3) is 6.26. The summed E-state index contributed by atoms with van der Waals surface area (Å²) >= 11 is 0. The number of hydrogen-bond acceptors (Lipinski definition) is 5. The molecule has 158 valence electrons. The minimum Gasteiger partial charge on any atom is -0.380 e. The van der Waals surface area contributed by atoms with Crippen LogP contribution < -0.4 is 5.32 Å². The van der Waals surface area contributed by atoms with Crippen molar-refractivity contribution in [3.63, 3.8) is 0 Å². The van der Waals surface area contributed by atoms with Crippen molar-refractivity contribution in [2.24, 2.45) is 0 Å². The zero-order valence-corrected chi connectivity index (χ0v) is 18.0. The molecule has 1 fully saturated rings. The number of rotatable bonds is 8. The number of aromatic nitrogens is 2. The maximum atomic E-state index is 13.3. The lowest BCUT2D eigenvalue weighted by atomic mass is 9.91. The van der Waals surface area contributed by atoms with Crippen molar-refractivity contribution in [2.45, 2.75) is 71.9 Å². The van der Waals surface area contributed by atoms with Crippen molar-refractivity contribution in [1.29, 1.82) is 0 Å². The first-order valence-electron chi connectivity index (χ1n) is 10.4. The first-order valence-corrected chi connectivity index (χ1v) is 10.4. The van der Waals surface area contributed by atoms with E-state index in [0.717, 1.165) is 32.1 Å². The van der Waals surface area contributed by atoms with Gasteiger partial charge < -0.3 is 15.0 Å². The number of aryl methyl sites for hydroxylation is 2. The van der Waals surface area contributed by atoms with Crippen molar-refractivity contribution in [1.82, 2.24) is 20.4 Å². The number of carbonyl (C=O) groups is 2. The van der Waals surface area contributed by atoms with Gasteiger partial charge in [0.05, 0.1) is 18.0 Å². The van der Waals surface area contributed by atoms with Crippen molar-refractivity contribution >= 4 is 11.8 Å². The van der Waals surface area contributed by atoms with Gasteiger partial charge in [0.25, 0.3) is 5.91 Å². The summed E-state index contributed by atoms with van der Waals surface area (Å²) in [5, 5.41) is 11.2. The molecule has 1 atom stereocenters. The fourth-order valence-corrected chi connectivity index (χ4v) is 3.78. The van der Waals surface area contributed by atoms with E-state index >= 15 is 0 Å². The molecule has 1 unspecified atom stereocenters. The van der Waals surface area contributed by atoms with Gasteiger partial charge in [-0.1, -0.05) is 25.2 Å². The number of amides is 2. The lowest BCUT2D eigenvalue weighted by molar-refractivity contribution is -0.140. The Labute approximate surface area is 173 Å². The van der Waals surface area contributed by atoms with Gasteiger partial charge in [-0.05, 0) is 52.5 Å². The molecule has 29 heavy (non-hydrogen) atoms. The van der Waals surface area contributed by atoms with E-state index in [1.807, 2.05) is 26.8 Å². The molecule has 0 aromatic carbocycles. The van der Waals surface area contributed by atoms with E-state index in [9.17, 15) is 9.59 Å². The average Bonchev–Trinajstić information content (AvgIpc) is 2.72. The van der Waals surface area contributed by atoms with Gasteiger partial charge >= 0.3 is 0 Å². The molecule has 1 aromatic heterocycles. The lowest BCUT2D eigenvalue weighted by Crippen LogP contribution is -2.49. The molecule has 2 rings (SSSR count). The van der Waals surface area contributed by atoms with Gasteiger partial charge in [-0.25, -0.2) is 0 Å². The van der Waals surface area contributed by atoms with Crippen LogP contribution in [0.5, 0.6) is 0 Å². The first-order chi connectivity index (χ1) is 14.0. The molecule has 0 spiro atoms. The normalized spacial score (nSPS) is 15.2. The van der Waals surface area contributed by atoms with Gasteiger partial charge in [0, 0.05) is 24.8 Å². The van der Waals surface area contributed by atoms with Crippen LogP contribution in [0.3, 0.4) is 0 Å².